The number of thiophene rings is 1. The van der Waals surface area contributed by atoms with Crippen LogP contribution in [-0.2, 0) is 0 Å². The molecule has 102 valence electrons. The lowest BCUT2D eigenvalue weighted by Gasteiger charge is -2.32. The first-order valence-electron chi connectivity index (χ1n) is 7.28. The molecule has 0 amide bonds. The van der Waals surface area contributed by atoms with Crippen LogP contribution in [-0.4, -0.2) is 24.0 Å². The Bertz CT molecular complexity index is 336. The van der Waals surface area contributed by atoms with Crippen molar-refractivity contribution in [3.63, 3.8) is 0 Å². The van der Waals surface area contributed by atoms with E-state index in [2.05, 4.69) is 35.6 Å². The Labute approximate surface area is 115 Å². The van der Waals surface area contributed by atoms with Gasteiger partial charge in [0, 0.05) is 12.6 Å². The number of rotatable bonds is 6. The van der Waals surface area contributed by atoms with Gasteiger partial charge in [-0.15, -0.1) is 0 Å². The standard InChI is InChI=1S/C15H26N2S/c1-3-5-12-6-8-17(10-12)15(14(16)4-2)13-7-9-18-11-13/h7,9,11-12,14-15H,3-6,8,10,16H2,1-2H3. The second-order valence-electron chi connectivity index (χ2n) is 5.51. The van der Waals surface area contributed by atoms with Crippen LogP contribution in [0.3, 0.4) is 0 Å². The van der Waals surface area contributed by atoms with Crippen LogP contribution in [0.25, 0.3) is 0 Å². The average molecular weight is 266 g/mol. The van der Waals surface area contributed by atoms with Gasteiger partial charge in [0.15, 0.2) is 0 Å². The van der Waals surface area contributed by atoms with Crippen molar-refractivity contribution in [2.24, 2.45) is 11.7 Å². The van der Waals surface area contributed by atoms with Crippen LogP contribution in [0.5, 0.6) is 0 Å². The molecule has 1 aromatic rings. The molecule has 0 aromatic carbocycles. The molecule has 1 aromatic heterocycles. The number of hydrogen-bond acceptors (Lipinski definition) is 3. The summed E-state index contributed by atoms with van der Waals surface area (Å²) in [6.07, 6.45) is 5.08. The molecule has 2 N–H and O–H groups in total. The molecule has 3 atom stereocenters. The van der Waals surface area contributed by atoms with Gasteiger partial charge >= 0.3 is 0 Å². The van der Waals surface area contributed by atoms with E-state index in [9.17, 15) is 0 Å². The average Bonchev–Trinajstić information content (AvgIpc) is 3.02. The molecule has 2 heterocycles. The third-order valence-electron chi connectivity index (χ3n) is 4.17. The molecule has 1 fully saturated rings. The predicted octanol–water partition coefficient (Wildman–Crippen LogP) is 3.65. The normalized spacial score (nSPS) is 24.3. The minimum absolute atomic E-state index is 0.264. The van der Waals surface area contributed by atoms with Gasteiger partial charge in [-0.1, -0.05) is 20.3 Å². The molecule has 2 rings (SSSR count). The molecular weight excluding hydrogens is 240 g/mol. The third-order valence-corrected chi connectivity index (χ3v) is 4.87. The molecule has 0 bridgehead atoms. The van der Waals surface area contributed by atoms with E-state index in [1.54, 1.807) is 11.3 Å². The minimum Gasteiger partial charge on any atom is -0.326 e. The van der Waals surface area contributed by atoms with E-state index < -0.39 is 0 Å². The van der Waals surface area contributed by atoms with Crippen LogP contribution in [0.2, 0.25) is 0 Å². The van der Waals surface area contributed by atoms with Crippen molar-refractivity contribution in [2.45, 2.75) is 51.6 Å². The SMILES string of the molecule is CCCC1CCN(C(c2ccsc2)C(N)CC)C1. The molecule has 3 unspecified atom stereocenters. The smallest absolute Gasteiger partial charge is 0.0507 e. The zero-order valence-electron chi connectivity index (χ0n) is 11.6. The summed E-state index contributed by atoms with van der Waals surface area (Å²) in [5, 5.41) is 4.44. The van der Waals surface area contributed by atoms with E-state index in [1.807, 2.05) is 0 Å². The first-order valence-corrected chi connectivity index (χ1v) is 8.22. The maximum atomic E-state index is 6.37. The van der Waals surface area contributed by atoms with Crippen molar-refractivity contribution in [1.29, 1.82) is 0 Å². The monoisotopic (exact) mass is 266 g/mol. The molecule has 18 heavy (non-hydrogen) atoms. The van der Waals surface area contributed by atoms with E-state index in [4.69, 9.17) is 5.73 Å². The fraction of sp³-hybridized carbons (Fsp3) is 0.733. The Kier molecular flexibility index (Phi) is 5.22. The van der Waals surface area contributed by atoms with Gasteiger partial charge < -0.3 is 5.73 Å². The quantitative estimate of drug-likeness (QED) is 0.851. The van der Waals surface area contributed by atoms with Crippen LogP contribution in [0.15, 0.2) is 16.8 Å². The van der Waals surface area contributed by atoms with Crippen molar-refractivity contribution in [3.8, 4) is 0 Å². The van der Waals surface area contributed by atoms with E-state index in [0.717, 1.165) is 12.3 Å². The molecule has 2 nitrogen and oxygen atoms in total. The van der Waals surface area contributed by atoms with Gasteiger partial charge in [0.05, 0.1) is 6.04 Å². The fourth-order valence-corrected chi connectivity index (χ4v) is 3.84. The number of hydrogen-bond donors (Lipinski definition) is 1. The van der Waals surface area contributed by atoms with Gasteiger partial charge in [0.1, 0.15) is 0 Å². The van der Waals surface area contributed by atoms with E-state index in [0.29, 0.717) is 6.04 Å². The molecule has 1 aliphatic heterocycles. The summed E-state index contributed by atoms with van der Waals surface area (Å²) in [7, 11) is 0. The highest BCUT2D eigenvalue weighted by Gasteiger charge is 2.31. The highest BCUT2D eigenvalue weighted by Crippen LogP contribution is 2.33. The minimum atomic E-state index is 0.264. The zero-order chi connectivity index (χ0) is 13.0. The van der Waals surface area contributed by atoms with Crippen molar-refractivity contribution >= 4 is 11.3 Å². The van der Waals surface area contributed by atoms with Crippen molar-refractivity contribution in [2.75, 3.05) is 13.1 Å². The Morgan fingerprint density at radius 3 is 2.94 bits per heavy atom. The van der Waals surface area contributed by atoms with Gasteiger partial charge in [0.2, 0.25) is 0 Å². The molecule has 3 heteroatoms. The molecule has 1 saturated heterocycles. The summed E-state index contributed by atoms with van der Waals surface area (Å²) >= 11 is 1.78. The highest BCUT2D eigenvalue weighted by molar-refractivity contribution is 7.07. The van der Waals surface area contributed by atoms with Gasteiger partial charge in [-0.25, -0.2) is 0 Å². The van der Waals surface area contributed by atoms with E-state index in [1.165, 1.54) is 37.9 Å². The maximum absolute atomic E-state index is 6.37. The second kappa shape index (κ2) is 6.69. The molecule has 0 spiro atoms. The van der Waals surface area contributed by atoms with Crippen LogP contribution in [0.1, 0.15) is 51.1 Å². The molecule has 0 radical (unpaired) electrons. The molecule has 0 saturated carbocycles. The van der Waals surface area contributed by atoms with Crippen LogP contribution < -0.4 is 5.73 Å². The summed E-state index contributed by atoms with van der Waals surface area (Å²) in [6.45, 7) is 6.95. The number of nitrogens with two attached hydrogens (primary N) is 1. The zero-order valence-corrected chi connectivity index (χ0v) is 12.5. The second-order valence-corrected chi connectivity index (χ2v) is 6.29. The third kappa shape index (κ3) is 3.14. The summed E-state index contributed by atoms with van der Waals surface area (Å²) in [4.78, 5) is 2.62. The van der Waals surface area contributed by atoms with E-state index >= 15 is 0 Å². The Morgan fingerprint density at radius 1 is 1.50 bits per heavy atom. The van der Waals surface area contributed by atoms with Gasteiger partial charge in [0.25, 0.3) is 0 Å². The topological polar surface area (TPSA) is 29.3 Å². The Morgan fingerprint density at radius 2 is 2.33 bits per heavy atom. The van der Waals surface area contributed by atoms with Crippen molar-refractivity contribution < 1.29 is 0 Å². The largest absolute Gasteiger partial charge is 0.326 e. The van der Waals surface area contributed by atoms with Crippen LogP contribution >= 0.6 is 11.3 Å². The van der Waals surface area contributed by atoms with Crippen molar-refractivity contribution in [1.82, 2.24) is 4.90 Å². The lowest BCUT2D eigenvalue weighted by Crippen LogP contribution is -2.39. The lowest BCUT2D eigenvalue weighted by atomic mass is 9.99. The first kappa shape index (κ1) is 14.0. The maximum Gasteiger partial charge on any atom is 0.0507 e. The lowest BCUT2D eigenvalue weighted by molar-refractivity contribution is 0.201. The number of nitrogens with zero attached hydrogens (tertiary/aromatic N) is 1. The van der Waals surface area contributed by atoms with E-state index in [-0.39, 0.29) is 6.04 Å². The van der Waals surface area contributed by atoms with Crippen LogP contribution in [0.4, 0.5) is 0 Å². The summed E-state index contributed by atoms with van der Waals surface area (Å²) in [5.41, 5.74) is 7.79. The first-order chi connectivity index (χ1) is 8.76. The van der Waals surface area contributed by atoms with Gasteiger partial charge in [-0.2, -0.15) is 11.3 Å². The summed E-state index contributed by atoms with van der Waals surface area (Å²) in [6, 6.07) is 2.95. The highest BCUT2D eigenvalue weighted by atomic mass is 32.1. The molecule has 0 aliphatic carbocycles. The Balaban J connectivity index is 2.06. The predicted molar refractivity (Wildman–Crippen MR) is 79.9 cm³/mol. The number of likely N-dealkylation sites (tertiary alicyclic amines) is 1. The Hall–Kier alpha value is -0.380. The summed E-state index contributed by atoms with van der Waals surface area (Å²) < 4.78 is 0. The van der Waals surface area contributed by atoms with Gasteiger partial charge in [-0.05, 0) is 54.1 Å². The summed E-state index contributed by atoms with van der Waals surface area (Å²) in [5.74, 6) is 0.889. The molecule has 1 aliphatic rings. The molecular formula is C15H26N2S. The fourth-order valence-electron chi connectivity index (χ4n) is 3.15. The van der Waals surface area contributed by atoms with Gasteiger partial charge in [-0.3, -0.25) is 4.90 Å². The van der Waals surface area contributed by atoms with Crippen molar-refractivity contribution in [3.05, 3.63) is 22.4 Å². The van der Waals surface area contributed by atoms with Crippen LogP contribution in [0, 0.1) is 5.92 Å².